The van der Waals surface area contributed by atoms with Gasteiger partial charge in [0.25, 0.3) is 0 Å². The molecule has 1 heterocycles. The van der Waals surface area contributed by atoms with Crippen molar-refractivity contribution in [2.75, 3.05) is 0 Å². The van der Waals surface area contributed by atoms with E-state index in [0.717, 1.165) is 25.7 Å². The van der Waals surface area contributed by atoms with E-state index in [2.05, 4.69) is 0 Å². The molecule has 2 aliphatic rings. The third-order valence-electron chi connectivity index (χ3n) is 3.89. The number of allylic oxidation sites excluding steroid dienone is 1. The fraction of sp³-hybridized carbons (Fsp3) is 0.714. The van der Waals surface area contributed by atoms with E-state index < -0.39 is 6.10 Å². The van der Waals surface area contributed by atoms with E-state index in [1.54, 1.807) is 0 Å². The zero-order valence-electron chi connectivity index (χ0n) is 10.7. The van der Waals surface area contributed by atoms with Crippen molar-refractivity contribution in [3.05, 3.63) is 12.2 Å². The molecule has 1 aliphatic carbocycles. The zero-order chi connectivity index (χ0) is 13.1. The molecule has 0 saturated carbocycles. The van der Waals surface area contributed by atoms with Crippen LogP contribution in [0.15, 0.2) is 12.2 Å². The van der Waals surface area contributed by atoms with Gasteiger partial charge in [0.15, 0.2) is 5.78 Å². The first-order chi connectivity index (χ1) is 8.58. The molecule has 18 heavy (non-hydrogen) atoms. The Hall–Kier alpha value is -1.16. The Morgan fingerprint density at radius 2 is 2.00 bits per heavy atom. The molecule has 4 nitrogen and oxygen atoms in total. The number of rotatable bonds is 0. The van der Waals surface area contributed by atoms with Gasteiger partial charge in [0.05, 0.1) is 18.6 Å². The summed E-state index contributed by atoms with van der Waals surface area (Å²) in [5.74, 6) is -0.820. The summed E-state index contributed by atoms with van der Waals surface area (Å²) in [6.07, 6.45) is 5.78. The quantitative estimate of drug-likeness (QED) is 0.665. The summed E-state index contributed by atoms with van der Waals surface area (Å²) < 4.78 is 5.27. The molecule has 1 fully saturated rings. The number of hydrogen-bond donors (Lipinski definition) is 1. The zero-order valence-corrected chi connectivity index (χ0v) is 10.7. The van der Waals surface area contributed by atoms with Crippen molar-refractivity contribution in [3.63, 3.8) is 0 Å². The molecule has 1 saturated heterocycles. The molecule has 0 amide bonds. The van der Waals surface area contributed by atoms with Gasteiger partial charge in [-0.25, -0.2) is 0 Å². The molecule has 1 N–H and O–H groups in total. The second-order valence-electron chi connectivity index (χ2n) is 5.31. The fourth-order valence-corrected chi connectivity index (χ4v) is 2.85. The molecule has 0 spiro atoms. The molecule has 0 radical (unpaired) electrons. The van der Waals surface area contributed by atoms with Gasteiger partial charge >= 0.3 is 5.97 Å². The number of esters is 1. The number of aliphatic hydroxyl groups is 1. The Kier molecular flexibility index (Phi) is 4.17. The van der Waals surface area contributed by atoms with Crippen LogP contribution in [0.25, 0.3) is 0 Å². The number of fused-ring (bicyclic) bond motifs is 1. The summed E-state index contributed by atoms with van der Waals surface area (Å²) in [5, 5.41) is 9.94. The molecular formula is C14H20O4. The normalized spacial score (nSPS) is 37.9. The first-order valence-electron chi connectivity index (χ1n) is 6.67. The van der Waals surface area contributed by atoms with E-state index in [-0.39, 0.29) is 36.1 Å². The highest BCUT2D eigenvalue weighted by molar-refractivity contribution is 5.93. The smallest absolute Gasteiger partial charge is 0.306 e. The van der Waals surface area contributed by atoms with Crippen molar-refractivity contribution in [1.82, 2.24) is 0 Å². The molecule has 0 aromatic heterocycles. The van der Waals surface area contributed by atoms with E-state index in [4.69, 9.17) is 4.74 Å². The Morgan fingerprint density at radius 1 is 1.28 bits per heavy atom. The van der Waals surface area contributed by atoms with Crippen molar-refractivity contribution in [3.8, 4) is 0 Å². The van der Waals surface area contributed by atoms with E-state index in [0.29, 0.717) is 0 Å². The lowest BCUT2D eigenvalue weighted by molar-refractivity contribution is -0.152. The van der Waals surface area contributed by atoms with Crippen LogP contribution >= 0.6 is 0 Å². The fourth-order valence-electron chi connectivity index (χ4n) is 2.85. The van der Waals surface area contributed by atoms with Gasteiger partial charge in [-0.05, 0) is 32.3 Å². The summed E-state index contributed by atoms with van der Waals surface area (Å²) >= 11 is 0. The molecule has 0 bridgehead atoms. The highest BCUT2D eigenvalue weighted by Crippen LogP contribution is 2.32. The Bertz CT molecular complexity index is 361. The first kappa shape index (κ1) is 13.3. The molecule has 100 valence electrons. The number of hydrogen-bond acceptors (Lipinski definition) is 4. The predicted octanol–water partition coefficient (Wildman–Crippen LogP) is 1.61. The molecule has 2 rings (SSSR count). The number of carbonyl (C=O) groups is 2. The number of carbonyl (C=O) groups excluding carboxylic acids is 2. The van der Waals surface area contributed by atoms with Crippen LogP contribution in [-0.2, 0) is 14.3 Å². The summed E-state index contributed by atoms with van der Waals surface area (Å²) in [6, 6.07) is 0. The lowest BCUT2D eigenvalue weighted by Gasteiger charge is -2.31. The Balaban J connectivity index is 2.15. The minimum atomic E-state index is -0.713. The summed E-state index contributed by atoms with van der Waals surface area (Å²) in [7, 11) is 0. The molecule has 0 aromatic rings. The first-order valence-corrected chi connectivity index (χ1v) is 6.67. The monoisotopic (exact) mass is 252 g/mol. The van der Waals surface area contributed by atoms with Gasteiger partial charge in [-0.2, -0.15) is 0 Å². The van der Waals surface area contributed by atoms with Crippen molar-refractivity contribution in [1.29, 1.82) is 0 Å². The SMILES string of the molecule is C[C@H]1CCCC[C@@H]2C(=O)C=C[C@H](O)[C@@H]2CC(=O)O1. The maximum atomic E-state index is 11.9. The van der Waals surface area contributed by atoms with E-state index in [1.807, 2.05) is 6.92 Å². The second kappa shape index (κ2) is 5.65. The third-order valence-corrected chi connectivity index (χ3v) is 3.89. The van der Waals surface area contributed by atoms with Gasteiger partial charge in [-0.15, -0.1) is 0 Å². The summed E-state index contributed by atoms with van der Waals surface area (Å²) in [4.78, 5) is 23.6. The standard InChI is InChI=1S/C14H20O4/c1-9-4-2-3-5-10-11(8-14(17)18-9)13(16)7-6-12(10)15/h6-7,9-11,13,16H,2-5,8H2,1H3/t9-,10-,11+,13-/m0/s1. The molecule has 1 aliphatic heterocycles. The average Bonchev–Trinajstić information content (AvgIpc) is 2.31. The molecule has 4 heteroatoms. The maximum absolute atomic E-state index is 11.9. The second-order valence-corrected chi connectivity index (χ2v) is 5.31. The average molecular weight is 252 g/mol. The van der Waals surface area contributed by atoms with Crippen molar-refractivity contribution < 1.29 is 19.4 Å². The third kappa shape index (κ3) is 2.99. The van der Waals surface area contributed by atoms with Crippen LogP contribution in [0.5, 0.6) is 0 Å². The Labute approximate surface area is 107 Å². The number of aliphatic hydroxyl groups excluding tert-OH is 1. The Morgan fingerprint density at radius 3 is 2.78 bits per heavy atom. The van der Waals surface area contributed by atoms with Crippen LogP contribution in [0, 0.1) is 11.8 Å². The van der Waals surface area contributed by atoms with E-state index in [1.165, 1.54) is 12.2 Å². The molecule has 0 aromatic carbocycles. The van der Waals surface area contributed by atoms with Gasteiger partial charge in [-0.3, -0.25) is 9.59 Å². The number of cyclic esters (lactones) is 1. The van der Waals surface area contributed by atoms with Crippen LogP contribution in [0.2, 0.25) is 0 Å². The van der Waals surface area contributed by atoms with Gasteiger partial charge in [-0.1, -0.05) is 12.5 Å². The molecule has 4 atom stereocenters. The van der Waals surface area contributed by atoms with Gasteiger partial charge in [0, 0.05) is 11.8 Å². The topological polar surface area (TPSA) is 63.6 Å². The molecular weight excluding hydrogens is 232 g/mol. The van der Waals surface area contributed by atoms with Crippen LogP contribution in [0.1, 0.15) is 39.0 Å². The lowest BCUT2D eigenvalue weighted by Crippen LogP contribution is -2.37. The highest BCUT2D eigenvalue weighted by Gasteiger charge is 2.36. The predicted molar refractivity (Wildman–Crippen MR) is 65.8 cm³/mol. The van der Waals surface area contributed by atoms with Gasteiger partial charge < -0.3 is 9.84 Å². The molecule has 0 unspecified atom stereocenters. The van der Waals surface area contributed by atoms with Crippen LogP contribution in [0.3, 0.4) is 0 Å². The van der Waals surface area contributed by atoms with Crippen LogP contribution < -0.4 is 0 Å². The van der Waals surface area contributed by atoms with Crippen molar-refractivity contribution in [2.24, 2.45) is 11.8 Å². The van der Waals surface area contributed by atoms with Gasteiger partial charge in [0.1, 0.15) is 0 Å². The van der Waals surface area contributed by atoms with Gasteiger partial charge in [0.2, 0.25) is 0 Å². The van der Waals surface area contributed by atoms with Crippen molar-refractivity contribution >= 4 is 11.8 Å². The maximum Gasteiger partial charge on any atom is 0.306 e. The van der Waals surface area contributed by atoms with Crippen molar-refractivity contribution in [2.45, 2.75) is 51.2 Å². The highest BCUT2D eigenvalue weighted by atomic mass is 16.5. The minimum Gasteiger partial charge on any atom is -0.463 e. The minimum absolute atomic E-state index is 0.0340. The summed E-state index contributed by atoms with van der Waals surface area (Å²) in [6.45, 7) is 1.89. The number of ketones is 1. The summed E-state index contributed by atoms with van der Waals surface area (Å²) in [5.41, 5.74) is 0. The van der Waals surface area contributed by atoms with E-state index >= 15 is 0 Å². The van der Waals surface area contributed by atoms with Crippen LogP contribution in [0.4, 0.5) is 0 Å². The van der Waals surface area contributed by atoms with Crippen LogP contribution in [-0.4, -0.2) is 29.1 Å². The van der Waals surface area contributed by atoms with E-state index in [9.17, 15) is 14.7 Å². The number of ether oxygens (including phenoxy) is 1. The largest absolute Gasteiger partial charge is 0.463 e. The lowest BCUT2D eigenvalue weighted by atomic mass is 9.75.